The van der Waals surface area contributed by atoms with Gasteiger partial charge in [0.25, 0.3) is 5.91 Å². The van der Waals surface area contributed by atoms with Crippen molar-refractivity contribution in [2.24, 2.45) is 0 Å². The highest BCUT2D eigenvalue weighted by Crippen LogP contribution is 2.42. The van der Waals surface area contributed by atoms with Gasteiger partial charge in [0.2, 0.25) is 0 Å². The number of nitrogens with zero attached hydrogens (tertiary/aromatic N) is 7. The zero-order valence-corrected chi connectivity index (χ0v) is 27.8. The third kappa shape index (κ3) is 5.36. The van der Waals surface area contributed by atoms with Crippen molar-refractivity contribution in [1.29, 1.82) is 0 Å². The van der Waals surface area contributed by atoms with Gasteiger partial charge in [-0.05, 0) is 72.8 Å². The van der Waals surface area contributed by atoms with E-state index >= 15 is 8.78 Å². The molecule has 8 rings (SSSR count). The highest BCUT2D eigenvalue weighted by Gasteiger charge is 2.49. The monoisotopic (exact) mass is 686 g/mol. The molecule has 2 atom stereocenters. The van der Waals surface area contributed by atoms with Gasteiger partial charge in [0.05, 0.1) is 23.2 Å². The van der Waals surface area contributed by atoms with Crippen molar-refractivity contribution in [3.63, 3.8) is 0 Å². The molecule has 14 heteroatoms. The van der Waals surface area contributed by atoms with Gasteiger partial charge < -0.3 is 20.1 Å². The molecule has 0 bridgehead atoms. The van der Waals surface area contributed by atoms with E-state index in [1.807, 2.05) is 11.8 Å². The van der Waals surface area contributed by atoms with Crippen LogP contribution >= 0.6 is 0 Å². The number of phenols is 1. The van der Waals surface area contributed by atoms with Gasteiger partial charge in [-0.3, -0.25) is 19.4 Å². The van der Waals surface area contributed by atoms with Crippen LogP contribution in [0.15, 0.2) is 36.5 Å². The maximum atomic E-state index is 17.0. The Morgan fingerprint density at radius 1 is 1.14 bits per heavy atom. The number of nitrogens with one attached hydrogen (secondary N) is 1. The number of carbonyl (C=O) groups excluding carboxylic acids is 1. The smallest absolute Gasteiger partial charge is 0.319 e. The number of amides is 1. The fourth-order valence-corrected chi connectivity index (χ4v) is 8.08. The van der Waals surface area contributed by atoms with E-state index in [1.54, 1.807) is 23.9 Å². The van der Waals surface area contributed by atoms with Crippen LogP contribution < -0.4 is 15.0 Å². The molecule has 3 aliphatic heterocycles. The van der Waals surface area contributed by atoms with Crippen LogP contribution in [0.3, 0.4) is 0 Å². The molecule has 2 fully saturated rings. The third-order valence-electron chi connectivity index (χ3n) is 10.4. The van der Waals surface area contributed by atoms with Crippen LogP contribution in [-0.2, 0) is 19.5 Å². The Bertz CT molecular complexity index is 2160. The third-order valence-corrected chi connectivity index (χ3v) is 10.4. The van der Waals surface area contributed by atoms with Gasteiger partial charge >= 0.3 is 6.01 Å². The Hall–Kier alpha value is -4.98. The minimum atomic E-state index is -0.949. The molecule has 0 radical (unpaired) electrons. The number of hydrogen-bond acceptors (Lipinski definition) is 9. The average molecular weight is 687 g/mol. The van der Waals surface area contributed by atoms with E-state index in [0.717, 1.165) is 25.1 Å². The zero-order chi connectivity index (χ0) is 34.7. The number of pyridine rings is 1. The van der Waals surface area contributed by atoms with Gasteiger partial charge in [-0.2, -0.15) is 15.1 Å². The van der Waals surface area contributed by atoms with E-state index < -0.39 is 23.3 Å². The fraction of sp³-hybridized carbons (Fsp3) is 0.417. The topological polar surface area (TPSA) is 122 Å². The van der Waals surface area contributed by atoms with E-state index in [-0.39, 0.29) is 41.0 Å². The molecule has 260 valence electrons. The first kappa shape index (κ1) is 32.2. The molecule has 0 saturated carbocycles. The van der Waals surface area contributed by atoms with Gasteiger partial charge in [0.1, 0.15) is 47.1 Å². The number of rotatable bonds is 7. The molecule has 0 aliphatic carbocycles. The molecular formula is C36H37F3N8O3. The lowest BCUT2D eigenvalue weighted by molar-refractivity contribution is 0.0957. The lowest BCUT2D eigenvalue weighted by Crippen LogP contribution is -2.43. The van der Waals surface area contributed by atoms with Crippen molar-refractivity contribution in [2.75, 3.05) is 38.2 Å². The number of fused-ring (bicyclic) bond motifs is 4. The van der Waals surface area contributed by atoms with E-state index in [0.29, 0.717) is 78.7 Å². The number of aryl methyl sites for hydroxylation is 2. The molecule has 0 spiro atoms. The van der Waals surface area contributed by atoms with E-state index in [1.165, 1.54) is 24.4 Å². The Morgan fingerprint density at radius 3 is 2.82 bits per heavy atom. The number of aromatic hydroxyl groups is 1. The van der Waals surface area contributed by atoms with Crippen molar-refractivity contribution < 1.29 is 27.8 Å². The summed E-state index contributed by atoms with van der Waals surface area (Å²) >= 11 is 0. The number of ether oxygens (including phenoxy) is 1. The molecule has 3 aliphatic rings. The van der Waals surface area contributed by atoms with Gasteiger partial charge in [-0.25, -0.2) is 13.2 Å². The Morgan fingerprint density at radius 2 is 2.00 bits per heavy atom. The lowest BCUT2D eigenvalue weighted by atomic mass is 9.94. The highest BCUT2D eigenvalue weighted by atomic mass is 19.1. The summed E-state index contributed by atoms with van der Waals surface area (Å²) in [6, 6.07) is 7.46. The Labute approximate surface area is 286 Å². The normalized spacial score (nSPS) is 20.7. The number of halogens is 3. The number of hydrogen-bond donors (Lipinski definition) is 2. The molecule has 3 aromatic heterocycles. The van der Waals surface area contributed by atoms with Crippen molar-refractivity contribution in [2.45, 2.75) is 63.8 Å². The molecule has 2 N–H and O–H groups in total. The summed E-state index contributed by atoms with van der Waals surface area (Å²) in [5.41, 5.74) is 1.05. The Balaban J connectivity index is 1.27. The standard InChI is InChI=1S/C36H37F3N8O3/c1-3-24-27(38)7-6-20-12-23(48)14-25(29(20)24)31-30(39)32-26(16-41-31)33(45-9-5-11-47-22(18-45)13-28(44-47)34(49)40-2)43-35(42-32)50-19-36-8-4-10-46(36)17-21(37)15-36/h6-7,12-14,16,21,48H,3-5,8-11,15,17-19H2,1-2H3,(H,40,49)/t21-,36+/m1/s1. The Kier molecular flexibility index (Phi) is 8.00. The number of carbonyl (C=O) groups is 1. The van der Waals surface area contributed by atoms with Crippen LogP contribution in [0.1, 0.15) is 54.4 Å². The van der Waals surface area contributed by atoms with Crippen molar-refractivity contribution in [1.82, 2.24) is 34.9 Å². The van der Waals surface area contributed by atoms with E-state index in [4.69, 9.17) is 9.72 Å². The number of alkyl halides is 1. The first-order valence-corrected chi connectivity index (χ1v) is 17.0. The van der Waals surface area contributed by atoms with Crippen molar-refractivity contribution >= 4 is 33.4 Å². The van der Waals surface area contributed by atoms with Gasteiger partial charge in [0.15, 0.2) is 5.82 Å². The number of phenolic OH excluding ortho intramolecular Hbond substituents is 1. The molecule has 50 heavy (non-hydrogen) atoms. The molecule has 11 nitrogen and oxygen atoms in total. The van der Waals surface area contributed by atoms with Crippen LogP contribution in [-0.4, -0.2) is 85.6 Å². The van der Waals surface area contributed by atoms with Gasteiger partial charge in [-0.15, -0.1) is 0 Å². The van der Waals surface area contributed by atoms with Gasteiger partial charge in [0, 0.05) is 44.9 Å². The lowest BCUT2D eigenvalue weighted by Gasteiger charge is -2.31. The summed E-state index contributed by atoms with van der Waals surface area (Å²) in [4.78, 5) is 30.4. The van der Waals surface area contributed by atoms with Crippen LogP contribution in [0.5, 0.6) is 11.8 Å². The summed E-state index contributed by atoms with van der Waals surface area (Å²) < 4.78 is 54.7. The second kappa shape index (κ2) is 12.4. The molecule has 5 aromatic rings. The predicted molar refractivity (Wildman–Crippen MR) is 181 cm³/mol. The number of anilines is 1. The van der Waals surface area contributed by atoms with E-state index in [9.17, 15) is 14.3 Å². The minimum Gasteiger partial charge on any atom is -0.508 e. The molecule has 0 unspecified atom stereocenters. The largest absolute Gasteiger partial charge is 0.508 e. The van der Waals surface area contributed by atoms with Crippen molar-refractivity contribution in [3.8, 4) is 23.0 Å². The fourth-order valence-electron chi connectivity index (χ4n) is 8.08. The maximum absolute atomic E-state index is 17.0. The summed E-state index contributed by atoms with van der Waals surface area (Å²) in [6.45, 7) is 4.52. The minimum absolute atomic E-state index is 0.0553. The number of aromatic nitrogens is 5. The first-order chi connectivity index (χ1) is 24.2. The molecule has 1 amide bonds. The SMILES string of the molecule is CCc1c(F)ccc2cc(O)cc(-c3ncc4c(N5CCCn6nc(C(=O)NC)cc6C5)nc(OC[C@@]56CCCN5C[C@H](F)C6)nc4c3F)c12. The predicted octanol–water partition coefficient (Wildman–Crippen LogP) is 5.31. The zero-order valence-electron chi connectivity index (χ0n) is 27.8. The van der Waals surface area contributed by atoms with Crippen LogP contribution in [0.2, 0.25) is 0 Å². The van der Waals surface area contributed by atoms with Crippen molar-refractivity contribution in [3.05, 3.63) is 65.1 Å². The second-order valence-corrected chi connectivity index (χ2v) is 13.4. The van der Waals surface area contributed by atoms with E-state index in [2.05, 4.69) is 25.3 Å². The first-order valence-electron chi connectivity index (χ1n) is 17.0. The molecule has 2 aromatic carbocycles. The maximum Gasteiger partial charge on any atom is 0.319 e. The summed E-state index contributed by atoms with van der Waals surface area (Å²) in [7, 11) is 1.55. The highest BCUT2D eigenvalue weighted by molar-refractivity contribution is 6.01. The number of benzene rings is 2. The van der Waals surface area contributed by atoms with Gasteiger partial charge in [-0.1, -0.05) is 13.0 Å². The molecule has 2 saturated heterocycles. The average Bonchev–Trinajstić information content (AvgIpc) is 3.74. The molecule has 6 heterocycles. The summed E-state index contributed by atoms with van der Waals surface area (Å²) in [5, 5.41) is 19.0. The second-order valence-electron chi connectivity index (χ2n) is 13.4. The summed E-state index contributed by atoms with van der Waals surface area (Å²) in [5.74, 6) is -1.24. The van der Waals surface area contributed by atoms with Crippen LogP contribution in [0.4, 0.5) is 19.0 Å². The quantitative estimate of drug-likeness (QED) is 0.235. The molecular weight excluding hydrogens is 649 g/mol. The van der Waals surface area contributed by atoms with Crippen LogP contribution in [0.25, 0.3) is 32.9 Å². The summed E-state index contributed by atoms with van der Waals surface area (Å²) in [6.07, 6.45) is 3.60. The van der Waals surface area contributed by atoms with Crippen LogP contribution in [0, 0.1) is 11.6 Å².